The van der Waals surface area contributed by atoms with Crippen molar-refractivity contribution in [2.75, 3.05) is 44.6 Å². The van der Waals surface area contributed by atoms with Gasteiger partial charge in [0.25, 0.3) is 5.91 Å². The maximum Gasteiger partial charge on any atom is 0.259 e. The zero-order chi connectivity index (χ0) is 32.9. The molecule has 2 saturated carbocycles. The van der Waals surface area contributed by atoms with Crippen LogP contribution in [-0.2, 0) is 16.0 Å². The molecular formula is C37H48Cl2N4O4. The number of amides is 2. The van der Waals surface area contributed by atoms with E-state index in [4.69, 9.17) is 32.4 Å². The molecule has 0 radical (unpaired) electrons. The lowest BCUT2D eigenvalue weighted by Gasteiger charge is -2.38. The van der Waals surface area contributed by atoms with E-state index >= 15 is 0 Å². The number of benzene rings is 2. The third-order valence-corrected chi connectivity index (χ3v) is 11.1. The molecule has 0 bridgehead atoms. The molecule has 0 spiro atoms. The molecule has 2 aliphatic heterocycles. The number of hydrogen-bond donors (Lipinski definition) is 1. The Morgan fingerprint density at radius 1 is 0.979 bits per heavy atom. The normalized spacial score (nSPS) is 25.4. The van der Waals surface area contributed by atoms with Crippen LogP contribution in [0, 0.1) is 5.92 Å². The number of carbonyl (C=O) groups is 2. The lowest BCUT2D eigenvalue weighted by molar-refractivity contribution is -0.120. The molecule has 3 aromatic rings. The number of nitrogens with one attached hydrogen (secondary N) is 1. The Bertz CT molecular complexity index is 1510. The number of hydrogen-bond acceptors (Lipinski definition) is 6. The number of furan rings is 1. The lowest BCUT2D eigenvalue weighted by atomic mass is 9.89. The van der Waals surface area contributed by atoms with Crippen molar-refractivity contribution >= 4 is 52.2 Å². The summed E-state index contributed by atoms with van der Waals surface area (Å²) in [6, 6.07) is 12.5. The van der Waals surface area contributed by atoms with Crippen molar-refractivity contribution in [1.82, 2.24) is 14.7 Å². The summed E-state index contributed by atoms with van der Waals surface area (Å²) in [5, 5.41) is 4.58. The summed E-state index contributed by atoms with van der Waals surface area (Å²) in [7, 11) is 0. The zero-order valence-corrected chi connectivity index (χ0v) is 29.1. The molecular weight excluding hydrogens is 635 g/mol. The van der Waals surface area contributed by atoms with E-state index in [-0.39, 0.29) is 11.9 Å². The first kappa shape index (κ1) is 34.3. The molecule has 10 heteroatoms. The first-order valence-corrected chi connectivity index (χ1v) is 18.1. The number of nitrogens with zero attached hydrogens (tertiary/aromatic N) is 3. The Kier molecular flexibility index (Phi) is 11.5. The predicted molar refractivity (Wildman–Crippen MR) is 189 cm³/mol. The Labute approximate surface area is 288 Å². The Hall–Kier alpha value is -2.62. The number of anilines is 1. The van der Waals surface area contributed by atoms with Gasteiger partial charge >= 0.3 is 0 Å². The summed E-state index contributed by atoms with van der Waals surface area (Å²) in [4.78, 5) is 31.3. The van der Waals surface area contributed by atoms with Gasteiger partial charge in [-0.15, -0.1) is 0 Å². The largest absolute Gasteiger partial charge is 0.463 e. The average molecular weight is 684 g/mol. The first-order valence-electron chi connectivity index (χ1n) is 17.4. The number of aryl methyl sites for hydroxylation is 1. The van der Waals surface area contributed by atoms with Crippen molar-refractivity contribution in [3.63, 3.8) is 0 Å². The van der Waals surface area contributed by atoms with E-state index in [1.165, 1.54) is 71.0 Å². The summed E-state index contributed by atoms with van der Waals surface area (Å²) in [6.45, 7) is 10.7. The lowest BCUT2D eigenvalue weighted by Crippen LogP contribution is -2.51. The number of piperazine rings is 1. The molecule has 2 unspecified atom stereocenters. The highest BCUT2D eigenvalue weighted by Gasteiger charge is 2.38. The second-order valence-electron chi connectivity index (χ2n) is 13.7. The number of carbonyl (C=O) groups excluding carboxylic acids is 2. The summed E-state index contributed by atoms with van der Waals surface area (Å²) in [6.07, 6.45) is 12.6. The van der Waals surface area contributed by atoms with Gasteiger partial charge in [-0.05, 0) is 81.0 Å². The Morgan fingerprint density at radius 2 is 1.68 bits per heavy atom. The van der Waals surface area contributed by atoms with Crippen LogP contribution in [0.4, 0.5) is 5.69 Å². The Balaban J connectivity index is 0.000000166. The quantitative estimate of drug-likeness (QED) is 0.235. The highest BCUT2D eigenvalue weighted by Crippen LogP contribution is 2.32. The Morgan fingerprint density at radius 3 is 2.36 bits per heavy atom. The van der Waals surface area contributed by atoms with E-state index in [0.717, 1.165) is 55.3 Å². The van der Waals surface area contributed by atoms with Crippen LogP contribution in [0.3, 0.4) is 0 Å². The summed E-state index contributed by atoms with van der Waals surface area (Å²) in [5.41, 5.74) is 2.55. The molecule has 2 saturated heterocycles. The maximum atomic E-state index is 12.4. The van der Waals surface area contributed by atoms with Crippen LogP contribution in [0.5, 0.6) is 0 Å². The molecule has 4 aliphatic rings. The summed E-state index contributed by atoms with van der Waals surface area (Å²) >= 11 is 12.4. The minimum atomic E-state index is -0.285. The molecule has 3 heterocycles. The fourth-order valence-electron chi connectivity index (χ4n) is 7.32. The van der Waals surface area contributed by atoms with Crippen molar-refractivity contribution in [1.29, 1.82) is 0 Å². The van der Waals surface area contributed by atoms with Gasteiger partial charge < -0.3 is 19.4 Å². The minimum absolute atomic E-state index is 0.281. The number of halogens is 2. The van der Waals surface area contributed by atoms with Gasteiger partial charge in [-0.25, -0.2) is 0 Å². The number of likely N-dealkylation sites (tertiary alicyclic amines) is 1. The predicted octanol–water partition coefficient (Wildman–Crippen LogP) is 7.52. The molecule has 47 heavy (non-hydrogen) atoms. The molecule has 1 aromatic heterocycles. The molecule has 2 amide bonds. The van der Waals surface area contributed by atoms with E-state index in [2.05, 4.69) is 22.0 Å². The van der Waals surface area contributed by atoms with Crippen LogP contribution >= 0.6 is 23.2 Å². The van der Waals surface area contributed by atoms with Crippen LogP contribution < -0.4 is 5.32 Å². The van der Waals surface area contributed by atoms with Crippen LogP contribution in [-0.4, -0.2) is 90.6 Å². The molecule has 2 aromatic carbocycles. The van der Waals surface area contributed by atoms with Gasteiger partial charge in [-0.3, -0.25) is 19.4 Å². The van der Waals surface area contributed by atoms with Gasteiger partial charge in [0.15, 0.2) is 0 Å². The van der Waals surface area contributed by atoms with Crippen molar-refractivity contribution in [3.05, 3.63) is 63.8 Å². The van der Waals surface area contributed by atoms with Crippen molar-refractivity contribution in [2.24, 2.45) is 5.92 Å². The van der Waals surface area contributed by atoms with E-state index in [1.54, 1.807) is 12.1 Å². The fraction of sp³-hybridized carbons (Fsp3) is 0.568. The van der Waals surface area contributed by atoms with Gasteiger partial charge in [0.2, 0.25) is 6.41 Å². The monoisotopic (exact) mass is 682 g/mol. The van der Waals surface area contributed by atoms with E-state index in [9.17, 15) is 9.59 Å². The number of rotatable bonds is 9. The number of ether oxygens (including phenoxy) is 1. The van der Waals surface area contributed by atoms with E-state index < -0.39 is 0 Å². The van der Waals surface area contributed by atoms with Gasteiger partial charge in [0.1, 0.15) is 11.8 Å². The maximum absolute atomic E-state index is 12.4. The SMILES string of the molecule is CC1CCC(OCC2CC(N3CCN(C4CC4)CC3)CN2C=O)CC1.CCc1cc(Cl)c(NC(=O)c2coc3ccccc23)cc1Cl. The van der Waals surface area contributed by atoms with E-state index in [0.29, 0.717) is 39.0 Å². The van der Waals surface area contributed by atoms with Gasteiger partial charge in [-0.1, -0.05) is 55.2 Å². The molecule has 254 valence electrons. The van der Waals surface area contributed by atoms with Crippen LogP contribution in [0.15, 0.2) is 47.1 Å². The molecule has 7 rings (SSSR count). The fourth-order valence-corrected chi connectivity index (χ4v) is 7.85. The summed E-state index contributed by atoms with van der Waals surface area (Å²) in [5.74, 6) is 0.573. The topological polar surface area (TPSA) is 78.3 Å². The van der Waals surface area contributed by atoms with Gasteiger partial charge in [-0.2, -0.15) is 0 Å². The first-order chi connectivity index (χ1) is 22.8. The average Bonchev–Trinajstić information content (AvgIpc) is 3.72. The smallest absolute Gasteiger partial charge is 0.259 e. The third kappa shape index (κ3) is 8.52. The second-order valence-corrected chi connectivity index (χ2v) is 14.6. The second kappa shape index (κ2) is 15.7. The number of fused-ring (bicyclic) bond motifs is 1. The number of para-hydroxylation sites is 1. The van der Waals surface area contributed by atoms with Gasteiger partial charge in [0, 0.05) is 55.2 Å². The summed E-state index contributed by atoms with van der Waals surface area (Å²) < 4.78 is 11.6. The standard InChI is InChI=1S/C20H35N3O2.C17H13Cl2NO2/c1-16-2-6-20(7-3-16)25-14-19-12-18(13-23(19)15-24)22-10-8-21(9-11-22)17-4-5-17;1-2-10-7-14(19)15(8-13(10)18)20-17(21)12-9-22-16-6-4-3-5-11(12)16/h15-20H,2-14H2,1H3;3-9H,2H2,1H3,(H,20,21). The third-order valence-electron chi connectivity index (χ3n) is 10.5. The van der Waals surface area contributed by atoms with Gasteiger partial charge in [0.05, 0.1) is 35.0 Å². The molecule has 1 N–H and O–H groups in total. The van der Waals surface area contributed by atoms with Crippen molar-refractivity contribution in [3.8, 4) is 0 Å². The van der Waals surface area contributed by atoms with Crippen LogP contribution in [0.25, 0.3) is 11.0 Å². The zero-order valence-electron chi connectivity index (χ0n) is 27.6. The van der Waals surface area contributed by atoms with E-state index in [1.807, 2.05) is 36.1 Å². The van der Waals surface area contributed by atoms with Crippen LogP contribution in [0.2, 0.25) is 10.0 Å². The molecule has 4 fully saturated rings. The molecule has 2 atom stereocenters. The molecule has 2 aliphatic carbocycles. The minimum Gasteiger partial charge on any atom is -0.463 e. The molecule has 8 nitrogen and oxygen atoms in total. The highest BCUT2D eigenvalue weighted by molar-refractivity contribution is 6.36. The van der Waals surface area contributed by atoms with Crippen molar-refractivity contribution in [2.45, 2.75) is 89.4 Å². The highest BCUT2D eigenvalue weighted by atomic mass is 35.5. The van der Waals surface area contributed by atoms with Crippen LogP contribution in [0.1, 0.15) is 74.7 Å². The van der Waals surface area contributed by atoms with Crippen molar-refractivity contribution < 1.29 is 18.7 Å².